The fraction of sp³-hybridized carbons (Fsp3) is 0.538. The number of aromatic nitrogens is 1. The van der Waals surface area contributed by atoms with E-state index in [1.807, 2.05) is 18.2 Å². The lowest BCUT2D eigenvalue weighted by Gasteiger charge is -2.22. The average Bonchev–Trinajstić information content (AvgIpc) is 2.36. The Morgan fingerprint density at radius 2 is 2.29 bits per heavy atom. The normalized spacial score (nSPS) is 12.2. The van der Waals surface area contributed by atoms with Gasteiger partial charge in [-0.15, -0.1) is 0 Å². The molecule has 0 aliphatic rings. The maximum absolute atomic E-state index is 12.1. The van der Waals surface area contributed by atoms with E-state index in [-0.39, 0.29) is 11.8 Å². The second-order valence-electron chi connectivity index (χ2n) is 4.24. The molecule has 1 amide bonds. The van der Waals surface area contributed by atoms with E-state index in [0.717, 1.165) is 18.5 Å². The van der Waals surface area contributed by atoms with Gasteiger partial charge >= 0.3 is 0 Å². The molecule has 17 heavy (non-hydrogen) atoms. The summed E-state index contributed by atoms with van der Waals surface area (Å²) >= 11 is 0. The predicted octanol–water partition coefficient (Wildman–Crippen LogP) is 1.41. The minimum atomic E-state index is -0.0614. The highest BCUT2D eigenvalue weighted by Crippen LogP contribution is 2.10. The Hall–Kier alpha value is -1.42. The Kier molecular flexibility index (Phi) is 5.63. The van der Waals surface area contributed by atoms with E-state index in [2.05, 4.69) is 11.9 Å². The van der Waals surface area contributed by atoms with Crippen molar-refractivity contribution in [1.82, 2.24) is 9.88 Å². The third kappa shape index (κ3) is 4.15. The lowest BCUT2D eigenvalue weighted by Crippen LogP contribution is -2.36. The lowest BCUT2D eigenvalue weighted by molar-refractivity contribution is -0.134. The number of nitrogens with two attached hydrogens (primary N) is 1. The Morgan fingerprint density at radius 1 is 1.53 bits per heavy atom. The molecule has 4 nitrogen and oxygen atoms in total. The van der Waals surface area contributed by atoms with Crippen molar-refractivity contribution in [2.24, 2.45) is 11.7 Å². The molecule has 0 fully saturated rings. The molecule has 1 atom stereocenters. The fourth-order valence-corrected chi connectivity index (χ4v) is 1.81. The van der Waals surface area contributed by atoms with Crippen LogP contribution in [0, 0.1) is 5.92 Å². The standard InChI is InChI=1S/C13H21N3O/c1-3-6-11(9-14)13(17)16(2)10-12-7-4-5-8-15-12/h4-5,7-8,11H,3,6,9-10,14H2,1-2H3. The molecule has 0 aliphatic carbocycles. The zero-order valence-corrected chi connectivity index (χ0v) is 10.6. The Morgan fingerprint density at radius 3 is 2.82 bits per heavy atom. The summed E-state index contributed by atoms with van der Waals surface area (Å²) in [5, 5.41) is 0. The molecule has 0 spiro atoms. The number of pyridine rings is 1. The highest BCUT2D eigenvalue weighted by molar-refractivity contribution is 5.78. The number of carbonyl (C=O) groups is 1. The van der Waals surface area contributed by atoms with Crippen molar-refractivity contribution >= 4 is 5.91 Å². The van der Waals surface area contributed by atoms with Crippen molar-refractivity contribution < 1.29 is 4.79 Å². The molecular formula is C13H21N3O. The topological polar surface area (TPSA) is 59.2 Å². The predicted molar refractivity (Wildman–Crippen MR) is 68.2 cm³/mol. The van der Waals surface area contributed by atoms with Gasteiger partial charge in [0.25, 0.3) is 0 Å². The first kappa shape index (κ1) is 13.6. The summed E-state index contributed by atoms with van der Waals surface area (Å²) in [6.07, 6.45) is 3.56. The van der Waals surface area contributed by atoms with E-state index in [1.54, 1.807) is 18.1 Å². The van der Waals surface area contributed by atoms with Crippen molar-refractivity contribution in [1.29, 1.82) is 0 Å². The Labute approximate surface area is 103 Å². The average molecular weight is 235 g/mol. The van der Waals surface area contributed by atoms with Gasteiger partial charge < -0.3 is 10.6 Å². The summed E-state index contributed by atoms with van der Waals surface area (Å²) in [7, 11) is 1.80. The van der Waals surface area contributed by atoms with Gasteiger partial charge in [-0.3, -0.25) is 9.78 Å². The lowest BCUT2D eigenvalue weighted by atomic mass is 10.0. The third-order valence-corrected chi connectivity index (χ3v) is 2.77. The van der Waals surface area contributed by atoms with Crippen LogP contribution in [0.2, 0.25) is 0 Å². The number of carbonyl (C=O) groups excluding carboxylic acids is 1. The molecule has 1 aromatic rings. The number of hydrogen-bond acceptors (Lipinski definition) is 3. The molecule has 94 valence electrons. The van der Waals surface area contributed by atoms with Crippen LogP contribution in [0.3, 0.4) is 0 Å². The molecule has 0 saturated carbocycles. The van der Waals surface area contributed by atoms with Crippen molar-refractivity contribution in [3.63, 3.8) is 0 Å². The molecule has 0 aromatic carbocycles. The van der Waals surface area contributed by atoms with Crippen molar-refractivity contribution in [3.05, 3.63) is 30.1 Å². The third-order valence-electron chi connectivity index (χ3n) is 2.77. The minimum Gasteiger partial charge on any atom is -0.340 e. The summed E-state index contributed by atoms with van der Waals surface area (Å²) in [6.45, 7) is 3.02. The summed E-state index contributed by atoms with van der Waals surface area (Å²) in [6, 6.07) is 5.71. The molecule has 0 aliphatic heterocycles. The zero-order chi connectivity index (χ0) is 12.7. The first-order chi connectivity index (χ1) is 8.19. The highest BCUT2D eigenvalue weighted by Gasteiger charge is 2.19. The largest absolute Gasteiger partial charge is 0.340 e. The maximum atomic E-state index is 12.1. The SMILES string of the molecule is CCCC(CN)C(=O)N(C)Cc1ccccn1. The van der Waals surface area contributed by atoms with E-state index in [1.165, 1.54) is 0 Å². The van der Waals surface area contributed by atoms with Gasteiger partial charge in [0.1, 0.15) is 0 Å². The van der Waals surface area contributed by atoms with Crippen LogP contribution in [0.4, 0.5) is 0 Å². The van der Waals surface area contributed by atoms with Crippen LogP contribution in [0.15, 0.2) is 24.4 Å². The van der Waals surface area contributed by atoms with Crippen LogP contribution >= 0.6 is 0 Å². The monoisotopic (exact) mass is 235 g/mol. The van der Waals surface area contributed by atoms with E-state index < -0.39 is 0 Å². The van der Waals surface area contributed by atoms with Gasteiger partial charge in [0.2, 0.25) is 5.91 Å². The molecule has 2 N–H and O–H groups in total. The molecular weight excluding hydrogens is 214 g/mol. The van der Waals surface area contributed by atoms with Gasteiger partial charge in [-0.25, -0.2) is 0 Å². The van der Waals surface area contributed by atoms with Gasteiger partial charge in [0, 0.05) is 19.8 Å². The summed E-state index contributed by atoms with van der Waals surface area (Å²) in [5.41, 5.74) is 6.53. The van der Waals surface area contributed by atoms with E-state index in [0.29, 0.717) is 13.1 Å². The molecule has 0 saturated heterocycles. The molecule has 4 heteroatoms. The zero-order valence-electron chi connectivity index (χ0n) is 10.6. The fourth-order valence-electron chi connectivity index (χ4n) is 1.81. The first-order valence-corrected chi connectivity index (χ1v) is 6.04. The molecule has 0 bridgehead atoms. The van der Waals surface area contributed by atoms with E-state index in [4.69, 9.17) is 5.73 Å². The molecule has 1 unspecified atom stereocenters. The molecule has 1 heterocycles. The van der Waals surface area contributed by atoms with Gasteiger partial charge in [-0.2, -0.15) is 0 Å². The highest BCUT2D eigenvalue weighted by atomic mass is 16.2. The maximum Gasteiger partial charge on any atom is 0.227 e. The van der Waals surface area contributed by atoms with Gasteiger partial charge in [0.15, 0.2) is 0 Å². The summed E-state index contributed by atoms with van der Waals surface area (Å²) in [5.74, 6) is 0.0497. The van der Waals surface area contributed by atoms with Crippen LogP contribution in [-0.4, -0.2) is 29.4 Å². The number of rotatable bonds is 6. The number of amides is 1. The van der Waals surface area contributed by atoms with Crippen LogP contribution in [0.5, 0.6) is 0 Å². The van der Waals surface area contributed by atoms with Crippen molar-refractivity contribution in [2.75, 3.05) is 13.6 Å². The number of hydrogen-bond donors (Lipinski definition) is 1. The Bertz CT molecular complexity index is 340. The van der Waals surface area contributed by atoms with Crippen molar-refractivity contribution in [2.45, 2.75) is 26.3 Å². The first-order valence-electron chi connectivity index (χ1n) is 6.04. The quantitative estimate of drug-likeness (QED) is 0.811. The van der Waals surface area contributed by atoms with Gasteiger partial charge in [-0.1, -0.05) is 19.4 Å². The second kappa shape index (κ2) is 7.01. The van der Waals surface area contributed by atoms with Gasteiger partial charge in [-0.05, 0) is 18.6 Å². The van der Waals surface area contributed by atoms with Gasteiger partial charge in [0.05, 0.1) is 18.2 Å². The van der Waals surface area contributed by atoms with Crippen LogP contribution in [0.1, 0.15) is 25.5 Å². The minimum absolute atomic E-state index is 0.0614. The molecule has 1 rings (SSSR count). The van der Waals surface area contributed by atoms with E-state index >= 15 is 0 Å². The second-order valence-corrected chi connectivity index (χ2v) is 4.24. The summed E-state index contributed by atoms with van der Waals surface area (Å²) in [4.78, 5) is 18.0. The molecule has 1 aromatic heterocycles. The van der Waals surface area contributed by atoms with Crippen molar-refractivity contribution in [3.8, 4) is 0 Å². The van der Waals surface area contributed by atoms with Crippen LogP contribution in [-0.2, 0) is 11.3 Å². The Balaban J connectivity index is 2.57. The van der Waals surface area contributed by atoms with Crippen LogP contribution in [0.25, 0.3) is 0 Å². The van der Waals surface area contributed by atoms with Crippen LogP contribution < -0.4 is 5.73 Å². The summed E-state index contributed by atoms with van der Waals surface area (Å²) < 4.78 is 0. The smallest absolute Gasteiger partial charge is 0.227 e. The number of nitrogens with zero attached hydrogens (tertiary/aromatic N) is 2. The van der Waals surface area contributed by atoms with E-state index in [9.17, 15) is 4.79 Å². The molecule has 0 radical (unpaired) electrons.